The van der Waals surface area contributed by atoms with Crippen LogP contribution in [0.15, 0.2) is 0 Å². The number of esters is 1. The van der Waals surface area contributed by atoms with Crippen molar-refractivity contribution in [2.24, 2.45) is 5.92 Å². The summed E-state index contributed by atoms with van der Waals surface area (Å²) in [5.41, 5.74) is 0. The lowest BCUT2D eigenvalue weighted by Crippen LogP contribution is -2.26. The molecule has 4 nitrogen and oxygen atoms in total. The van der Waals surface area contributed by atoms with Gasteiger partial charge in [0, 0.05) is 0 Å². The Hall–Kier alpha value is -1.06. The van der Waals surface area contributed by atoms with Crippen LogP contribution in [0.3, 0.4) is 0 Å². The van der Waals surface area contributed by atoms with Gasteiger partial charge in [0.05, 0.1) is 7.11 Å². The van der Waals surface area contributed by atoms with Crippen LogP contribution in [0.5, 0.6) is 0 Å². The zero-order valence-electron chi connectivity index (χ0n) is 7.57. The minimum Gasteiger partial charge on any atom is -0.466 e. The van der Waals surface area contributed by atoms with Gasteiger partial charge in [0.2, 0.25) is 0 Å². The first-order chi connectivity index (χ1) is 5.61. The van der Waals surface area contributed by atoms with Crippen molar-refractivity contribution in [2.45, 2.75) is 26.4 Å². The second-order valence-corrected chi connectivity index (χ2v) is 2.87. The maximum Gasteiger partial charge on any atom is 0.347 e. The smallest absolute Gasteiger partial charge is 0.347 e. The van der Waals surface area contributed by atoms with Gasteiger partial charge in [0.25, 0.3) is 6.47 Å². The second kappa shape index (κ2) is 5.57. The SMILES string of the molecule is COC(=O)C(CC(C)C)OC=O. The third-order valence-corrected chi connectivity index (χ3v) is 1.37. The maximum absolute atomic E-state index is 10.9. The van der Waals surface area contributed by atoms with E-state index >= 15 is 0 Å². The highest BCUT2D eigenvalue weighted by Gasteiger charge is 2.21. The third-order valence-electron chi connectivity index (χ3n) is 1.37. The Kier molecular flexibility index (Phi) is 5.08. The minimum absolute atomic E-state index is 0.268. The zero-order valence-corrected chi connectivity index (χ0v) is 7.57. The molecule has 1 atom stereocenters. The van der Waals surface area contributed by atoms with Crippen molar-refractivity contribution in [1.82, 2.24) is 0 Å². The molecule has 0 aromatic heterocycles. The first kappa shape index (κ1) is 10.9. The largest absolute Gasteiger partial charge is 0.466 e. The standard InChI is InChI=1S/C8H14O4/c1-6(2)4-7(12-5-9)8(10)11-3/h5-7H,4H2,1-3H3. The highest BCUT2D eigenvalue weighted by molar-refractivity contribution is 5.75. The van der Waals surface area contributed by atoms with Crippen molar-refractivity contribution < 1.29 is 19.1 Å². The third kappa shape index (κ3) is 3.95. The van der Waals surface area contributed by atoms with Gasteiger partial charge in [-0.2, -0.15) is 0 Å². The molecule has 0 saturated heterocycles. The Labute approximate surface area is 71.8 Å². The zero-order chi connectivity index (χ0) is 9.56. The molecule has 0 radical (unpaired) electrons. The fourth-order valence-corrected chi connectivity index (χ4v) is 0.834. The number of hydrogen-bond donors (Lipinski definition) is 0. The molecule has 0 aromatic carbocycles. The summed E-state index contributed by atoms with van der Waals surface area (Å²) >= 11 is 0. The number of ether oxygens (including phenoxy) is 2. The van der Waals surface area contributed by atoms with Crippen LogP contribution in [-0.4, -0.2) is 25.7 Å². The predicted octanol–water partition coefficient (Wildman–Crippen LogP) is 0.747. The van der Waals surface area contributed by atoms with E-state index in [2.05, 4.69) is 9.47 Å². The van der Waals surface area contributed by atoms with Gasteiger partial charge < -0.3 is 9.47 Å². The summed E-state index contributed by atoms with van der Waals surface area (Å²) in [5, 5.41) is 0. The Morgan fingerprint density at radius 1 is 1.50 bits per heavy atom. The van der Waals surface area contributed by atoms with Crippen molar-refractivity contribution in [1.29, 1.82) is 0 Å². The average Bonchev–Trinajstić information content (AvgIpc) is 2.01. The van der Waals surface area contributed by atoms with E-state index < -0.39 is 12.1 Å². The molecule has 4 heteroatoms. The van der Waals surface area contributed by atoms with E-state index in [9.17, 15) is 9.59 Å². The number of rotatable bonds is 5. The Balaban J connectivity index is 4.02. The van der Waals surface area contributed by atoms with Crippen LogP contribution in [0.1, 0.15) is 20.3 Å². The number of hydrogen-bond acceptors (Lipinski definition) is 4. The first-order valence-corrected chi connectivity index (χ1v) is 3.78. The quantitative estimate of drug-likeness (QED) is 0.456. The molecule has 0 saturated carbocycles. The van der Waals surface area contributed by atoms with E-state index in [4.69, 9.17) is 0 Å². The van der Waals surface area contributed by atoms with Gasteiger partial charge in [-0.15, -0.1) is 0 Å². The van der Waals surface area contributed by atoms with E-state index in [1.165, 1.54) is 7.11 Å². The molecule has 0 spiro atoms. The summed E-state index contributed by atoms with van der Waals surface area (Å²) in [4.78, 5) is 20.9. The van der Waals surface area contributed by atoms with E-state index in [0.29, 0.717) is 6.42 Å². The molecular weight excluding hydrogens is 160 g/mol. The van der Waals surface area contributed by atoms with Crippen molar-refractivity contribution in [3.05, 3.63) is 0 Å². The van der Waals surface area contributed by atoms with Crippen molar-refractivity contribution in [2.75, 3.05) is 7.11 Å². The molecule has 0 fully saturated rings. The van der Waals surface area contributed by atoms with Gasteiger partial charge in [-0.3, -0.25) is 4.79 Å². The van der Waals surface area contributed by atoms with Crippen molar-refractivity contribution in [3.8, 4) is 0 Å². The molecule has 0 aliphatic heterocycles. The van der Waals surface area contributed by atoms with Gasteiger partial charge in [0.1, 0.15) is 0 Å². The molecule has 0 aliphatic carbocycles. The minimum atomic E-state index is -0.757. The van der Waals surface area contributed by atoms with Crippen molar-refractivity contribution >= 4 is 12.4 Å². The molecule has 0 amide bonds. The highest BCUT2D eigenvalue weighted by Crippen LogP contribution is 2.08. The van der Waals surface area contributed by atoms with Gasteiger partial charge in [-0.25, -0.2) is 4.79 Å². The highest BCUT2D eigenvalue weighted by atomic mass is 16.6. The molecule has 0 N–H and O–H groups in total. The topological polar surface area (TPSA) is 52.6 Å². The molecular formula is C8H14O4. The molecule has 0 aromatic rings. The molecule has 12 heavy (non-hydrogen) atoms. The van der Waals surface area contributed by atoms with E-state index in [1.54, 1.807) is 0 Å². The lowest BCUT2D eigenvalue weighted by atomic mass is 10.1. The first-order valence-electron chi connectivity index (χ1n) is 3.78. The number of carbonyl (C=O) groups excluding carboxylic acids is 2. The van der Waals surface area contributed by atoms with Crippen LogP contribution < -0.4 is 0 Å². The fraction of sp³-hybridized carbons (Fsp3) is 0.750. The number of carbonyl (C=O) groups is 2. The van der Waals surface area contributed by atoms with Gasteiger partial charge in [-0.1, -0.05) is 13.8 Å². The van der Waals surface area contributed by atoms with Crippen LogP contribution in [0.25, 0.3) is 0 Å². The lowest BCUT2D eigenvalue weighted by molar-refractivity contribution is -0.160. The normalized spacial score (nSPS) is 12.3. The van der Waals surface area contributed by atoms with Crippen LogP contribution in [0.2, 0.25) is 0 Å². The molecule has 70 valence electrons. The maximum atomic E-state index is 10.9. The molecule has 0 rings (SSSR count). The van der Waals surface area contributed by atoms with Gasteiger partial charge in [-0.05, 0) is 12.3 Å². The summed E-state index contributed by atoms with van der Waals surface area (Å²) in [7, 11) is 1.27. The molecule has 0 aliphatic rings. The second-order valence-electron chi connectivity index (χ2n) is 2.87. The van der Waals surface area contributed by atoms with Crippen LogP contribution in [-0.2, 0) is 19.1 Å². The average molecular weight is 174 g/mol. The van der Waals surface area contributed by atoms with Crippen LogP contribution >= 0.6 is 0 Å². The summed E-state index contributed by atoms with van der Waals surface area (Å²) in [5.74, 6) is -0.218. The summed E-state index contributed by atoms with van der Waals surface area (Å²) in [6.45, 7) is 4.14. The predicted molar refractivity (Wildman–Crippen MR) is 42.4 cm³/mol. The Morgan fingerprint density at radius 2 is 2.08 bits per heavy atom. The van der Waals surface area contributed by atoms with Crippen LogP contribution in [0.4, 0.5) is 0 Å². The monoisotopic (exact) mass is 174 g/mol. The Bertz CT molecular complexity index is 153. The van der Waals surface area contributed by atoms with E-state index in [1.807, 2.05) is 13.8 Å². The van der Waals surface area contributed by atoms with Crippen molar-refractivity contribution in [3.63, 3.8) is 0 Å². The Morgan fingerprint density at radius 3 is 2.42 bits per heavy atom. The lowest BCUT2D eigenvalue weighted by Gasteiger charge is -2.14. The van der Waals surface area contributed by atoms with Gasteiger partial charge in [0.15, 0.2) is 6.10 Å². The van der Waals surface area contributed by atoms with E-state index in [-0.39, 0.29) is 12.4 Å². The summed E-state index contributed by atoms with van der Waals surface area (Å²) in [6.07, 6.45) is -0.265. The fourth-order valence-electron chi connectivity index (χ4n) is 0.834. The molecule has 0 bridgehead atoms. The van der Waals surface area contributed by atoms with E-state index in [0.717, 1.165) is 0 Å². The summed E-state index contributed by atoms with van der Waals surface area (Å²) in [6, 6.07) is 0. The summed E-state index contributed by atoms with van der Waals surface area (Å²) < 4.78 is 8.99. The molecule has 1 unspecified atom stereocenters. The molecule has 0 heterocycles. The van der Waals surface area contributed by atoms with Gasteiger partial charge >= 0.3 is 5.97 Å². The van der Waals surface area contributed by atoms with Crippen LogP contribution in [0, 0.1) is 5.92 Å². The number of methoxy groups -OCH3 is 1.